The van der Waals surface area contributed by atoms with Crippen molar-refractivity contribution in [1.82, 2.24) is 4.57 Å². The molecule has 1 amide bonds. The van der Waals surface area contributed by atoms with Crippen molar-refractivity contribution in [3.8, 4) is 0 Å². The molecule has 0 aliphatic carbocycles. The van der Waals surface area contributed by atoms with Gasteiger partial charge in [-0.15, -0.1) is 0 Å². The number of hydrazone groups is 1. The SMILES string of the molecule is CC1=NN(c2c(F)c(F)c(C(F)(F)F)c(F)c2F)C(=O)/C1=C/c1c(C)n(Cc2ccccc2Cl)c2c(C)cccc12. The van der Waals surface area contributed by atoms with Crippen LogP contribution >= 0.6 is 11.6 Å². The predicted octanol–water partition coefficient (Wildman–Crippen LogP) is 8.34. The summed E-state index contributed by atoms with van der Waals surface area (Å²) in [7, 11) is 0. The number of benzene rings is 3. The molecule has 0 unspecified atom stereocenters. The summed E-state index contributed by atoms with van der Waals surface area (Å²) in [6, 6.07) is 12.8. The van der Waals surface area contributed by atoms with Gasteiger partial charge in [0, 0.05) is 28.2 Å². The molecule has 1 aromatic heterocycles. The van der Waals surface area contributed by atoms with Crippen LogP contribution in [0.2, 0.25) is 5.02 Å². The van der Waals surface area contributed by atoms with Crippen LogP contribution in [0.25, 0.3) is 17.0 Å². The molecule has 4 aromatic rings. The lowest BCUT2D eigenvalue weighted by Crippen LogP contribution is -2.26. The lowest BCUT2D eigenvalue weighted by atomic mass is 10.0. The zero-order valence-corrected chi connectivity index (χ0v) is 22.4. The molecule has 0 bridgehead atoms. The summed E-state index contributed by atoms with van der Waals surface area (Å²) in [6.07, 6.45) is -4.30. The minimum absolute atomic E-state index is 0.0294. The van der Waals surface area contributed by atoms with Crippen LogP contribution in [-0.4, -0.2) is 16.2 Å². The van der Waals surface area contributed by atoms with E-state index >= 15 is 0 Å². The van der Waals surface area contributed by atoms with Crippen LogP contribution < -0.4 is 5.01 Å². The summed E-state index contributed by atoms with van der Waals surface area (Å²) in [5.41, 5.74) is -0.851. The van der Waals surface area contributed by atoms with Crippen molar-refractivity contribution in [3.63, 3.8) is 0 Å². The second-order valence-corrected chi connectivity index (χ2v) is 9.89. The molecule has 4 nitrogen and oxygen atoms in total. The van der Waals surface area contributed by atoms with Gasteiger partial charge in [0.15, 0.2) is 23.3 Å². The van der Waals surface area contributed by atoms with E-state index in [-0.39, 0.29) is 16.3 Å². The number of nitrogens with zero attached hydrogens (tertiary/aromatic N) is 3. The Balaban J connectivity index is 1.64. The van der Waals surface area contributed by atoms with Crippen LogP contribution in [0.15, 0.2) is 53.1 Å². The van der Waals surface area contributed by atoms with Gasteiger partial charge in [0.2, 0.25) is 0 Å². The zero-order valence-electron chi connectivity index (χ0n) is 21.6. The van der Waals surface area contributed by atoms with Crippen molar-refractivity contribution in [3.05, 3.63) is 104 Å². The third kappa shape index (κ3) is 4.57. The summed E-state index contributed by atoms with van der Waals surface area (Å²) in [4.78, 5) is 13.3. The molecule has 2 heterocycles. The number of carbonyl (C=O) groups excluding carboxylic acids is 1. The third-order valence-electron chi connectivity index (χ3n) is 6.97. The molecular formula is C29H19ClF7N3O. The van der Waals surface area contributed by atoms with Gasteiger partial charge in [-0.3, -0.25) is 4.79 Å². The smallest absolute Gasteiger partial charge is 0.340 e. The molecule has 1 aliphatic heterocycles. The van der Waals surface area contributed by atoms with E-state index in [1.54, 1.807) is 25.1 Å². The van der Waals surface area contributed by atoms with Crippen LogP contribution in [0, 0.1) is 37.1 Å². The minimum Gasteiger partial charge on any atom is -0.340 e. The molecular weight excluding hydrogens is 575 g/mol. The minimum atomic E-state index is -5.72. The Labute approximate surface area is 233 Å². The molecule has 0 N–H and O–H groups in total. The van der Waals surface area contributed by atoms with Crippen molar-refractivity contribution in [1.29, 1.82) is 0 Å². The van der Waals surface area contributed by atoms with E-state index in [0.29, 0.717) is 22.8 Å². The van der Waals surface area contributed by atoms with Gasteiger partial charge in [-0.25, -0.2) is 17.6 Å². The Morgan fingerprint density at radius 1 is 0.902 bits per heavy atom. The zero-order chi connectivity index (χ0) is 30.0. The number of aryl methyl sites for hydroxylation is 1. The van der Waals surface area contributed by atoms with Crippen molar-refractivity contribution in [2.45, 2.75) is 33.5 Å². The van der Waals surface area contributed by atoms with E-state index in [4.69, 9.17) is 11.6 Å². The monoisotopic (exact) mass is 593 g/mol. The van der Waals surface area contributed by atoms with Crippen molar-refractivity contribution in [2.24, 2.45) is 5.10 Å². The molecule has 12 heteroatoms. The Bertz CT molecular complexity index is 1790. The lowest BCUT2D eigenvalue weighted by Gasteiger charge is -2.18. The highest BCUT2D eigenvalue weighted by Crippen LogP contribution is 2.41. The predicted molar refractivity (Wildman–Crippen MR) is 142 cm³/mol. The van der Waals surface area contributed by atoms with E-state index in [9.17, 15) is 35.5 Å². The Kier molecular flexibility index (Phi) is 6.97. The van der Waals surface area contributed by atoms with Crippen molar-refractivity contribution >= 4 is 45.9 Å². The summed E-state index contributed by atoms with van der Waals surface area (Å²) in [5.74, 6) is -11.3. The molecule has 1 aliphatic rings. The fraction of sp³-hybridized carbons (Fsp3) is 0.172. The first kappa shape index (κ1) is 28.4. The lowest BCUT2D eigenvalue weighted by molar-refractivity contribution is -0.143. The maximum absolute atomic E-state index is 14.7. The molecule has 0 saturated carbocycles. The highest BCUT2D eigenvalue weighted by atomic mass is 35.5. The van der Waals surface area contributed by atoms with Crippen molar-refractivity contribution < 1.29 is 35.5 Å². The highest BCUT2D eigenvalue weighted by Gasteiger charge is 2.45. The number of alkyl halides is 3. The molecule has 0 atom stereocenters. The van der Waals surface area contributed by atoms with E-state index in [0.717, 1.165) is 22.0 Å². The number of anilines is 1. The maximum Gasteiger partial charge on any atom is 0.422 e. The normalized spacial score (nSPS) is 15.0. The van der Waals surface area contributed by atoms with Crippen LogP contribution in [0.4, 0.5) is 36.4 Å². The summed E-state index contributed by atoms with van der Waals surface area (Å²) in [6.45, 7) is 5.39. The van der Waals surface area contributed by atoms with Gasteiger partial charge in [0.1, 0.15) is 11.3 Å². The van der Waals surface area contributed by atoms with Crippen LogP contribution in [0.3, 0.4) is 0 Å². The maximum atomic E-state index is 14.7. The van der Waals surface area contributed by atoms with E-state index in [1.165, 1.54) is 13.0 Å². The number of hydrogen-bond acceptors (Lipinski definition) is 2. The number of hydrogen-bond donors (Lipinski definition) is 0. The third-order valence-corrected chi connectivity index (χ3v) is 7.33. The topological polar surface area (TPSA) is 37.6 Å². The molecule has 5 rings (SSSR count). The average Bonchev–Trinajstić information content (AvgIpc) is 3.32. The van der Waals surface area contributed by atoms with Gasteiger partial charge < -0.3 is 4.57 Å². The standard InChI is InChI=1S/C29H19ClF7N3O/c1-13-7-6-9-17-19(15(3)39(26(13)17)12-16-8-4-5-10-20(16)30)11-18-14(2)38-40(28(18)41)27-24(33)22(31)21(29(35,36)37)23(32)25(27)34/h4-11H,12H2,1-3H3/b18-11+. The van der Waals surface area contributed by atoms with Gasteiger partial charge in [0.25, 0.3) is 5.91 Å². The van der Waals surface area contributed by atoms with Crippen LogP contribution in [0.5, 0.6) is 0 Å². The largest absolute Gasteiger partial charge is 0.422 e. The fourth-order valence-electron chi connectivity index (χ4n) is 4.95. The molecule has 3 aromatic carbocycles. The van der Waals surface area contributed by atoms with Gasteiger partial charge in [-0.1, -0.05) is 48.0 Å². The Hall–Kier alpha value is -4.12. The Morgan fingerprint density at radius 3 is 2.15 bits per heavy atom. The van der Waals surface area contributed by atoms with Gasteiger partial charge >= 0.3 is 6.18 Å². The molecule has 212 valence electrons. The van der Waals surface area contributed by atoms with Gasteiger partial charge in [0.05, 0.1) is 16.8 Å². The summed E-state index contributed by atoms with van der Waals surface area (Å²) < 4.78 is 99.1. The molecule has 0 saturated heterocycles. The van der Waals surface area contributed by atoms with Crippen molar-refractivity contribution in [2.75, 3.05) is 5.01 Å². The average molecular weight is 594 g/mol. The van der Waals surface area contributed by atoms with Gasteiger partial charge in [-0.05, 0) is 44.0 Å². The number of para-hydroxylation sites is 1. The van der Waals surface area contributed by atoms with E-state index in [2.05, 4.69) is 5.10 Å². The summed E-state index contributed by atoms with van der Waals surface area (Å²) in [5, 5.41) is 5.04. The fourth-order valence-corrected chi connectivity index (χ4v) is 5.15. The van der Waals surface area contributed by atoms with E-state index < -0.39 is 46.6 Å². The summed E-state index contributed by atoms with van der Waals surface area (Å²) >= 11 is 6.39. The number of aromatic nitrogens is 1. The number of amides is 1. The quantitative estimate of drug-likeness (QED) is 0.133. The highest BCUT2D eigenvalue weighted by molar-refractivity contribution is 6.32. The molecule has 0 fully saturated rings. The van der Waals surface area contributed by atoms with Crippen LogP contribution in [-0.2, 0) is 17.5 Å². The Morgan fingerprint density at radius 2 is 1.54 bits per heavy atom. The van der Waals surface area contributed by atoms with Crippen LogP contribution in [0.1, 0.15) is 34.9 Å². The number of halogens is 8. The molecule has 41 heavy (non-hydrogen) atoms. The number of fused-ring (bicyclic) bond motifs is 1. The molecule has 0 radical (unpaired) electrons. The first-order valence-corrected chi connectivity index (χ1v) is 12.5. The number of carbonyl (C=O) groups is 1. The second-order valence-electron chi connectivity index (χ2n) is 9.49. The molecule has 0 spiro atoms. The van der Waals surface area contributed by atoms with Gasteiger partial charge in [-0.2, -0.15) is 23.3 Å². The first-order valence-electron chi connectivity index (χ1n) is 12.1. The van der Waals surface area contributed by atoms with E-state index in [1.807, 2.05) is 35.8 Å². The number of rotatable bonds is 4. The first-order chi connectivity index (χ1) is 19.2. The second kappa shape index (κ2) is 10.1.